The molecule has 2 rings (SSSR count). The van der Waals surface area contributed by atoms with Gasteiger partial charge in [0.05, 0.1) is 13.2 Å². The largest absolute Gasteiger partial charge is 0.490 e. The van der Waals surface area contributed by atoms with Gasteiger partial charge in [0.25, 0.3) is 5.91 Å². The van der Waals surface area contributed by atoms with E-state index in [1.807, 2.05) is 19.9 Å². The number of carbonyl (C=O) groups excluding carboxylic acids is 1. The molecule has 142 valence electrons. The summed E-state index contributed by atoms with van der Waals surface area (Å²) in [7, 11) is 0. The van der Waals surface area contributed by atoms with Crippen molar-refractivity contribution in [3.05, 3.63) is 64.9 Å². The molecule has 0 spiro atoms. The monoisotopic (exact) mass is 369 g/mol. The van der Waals surface area contributed by atoms with Crippen molar-refractivity contribution in [1.82, 2.24) is 5.32 Å². The minimum atomic E-state index is -1.23. The molecule has 0 bridgehead atoms. The van der Waals surface area contributed by atoms with Crippen LogP contribution in [0.3, 0.4) is 0 Å². The summed E-state index contributed by atoms with van der Waals surface area (Å²) in [6, 6.07) is 12.1. The molecule has 0 saturated carbocycles. The van der Waals surface area contributed by atoms with Crippen molar-refractivity contribution in [1.29, 1.82) is 0 Å². The average molecular weight is 369 g/mol. The average Bonchev–Trinajstić information content (AvgIpc) is 2.63. The van der Waals surface area contributed by atoms with Crippen molar-refractivity contribution in [2.75, 3.05) is 13.2 Å². The molecule has 6 heteroatoms. The first-order valence-corrected chi connectivity index (χ1v) is 8.67. The predicted molar refractivity (Wildman–Crippen MR) is 103 cm³/mol. The van der Waals surface area contributed by atoms with Gasteiger partial charge in [0, 0.05) is 5.56 Å². The second-order valence-corrected chi connectivity index (χ2v) is 5.70. The van der Waals surface area contributed by atoms with E-state index in [0.29, 0.717) is 35.8 Å². The number of benzene rings is 2. The van der Waals surface area contributed by atoms with Gasteiger partial charge in [-0.15, -0.1) is 0 Å². The smallest absolute Gasteiger partial charge is 0.352 e. The van der Waals surface area contributed by atoms with Gasteiger partial charge in [-0.3, -0.25) is 4.79 Å². The Kier molecular flexibility index (Phi) is 7.00. The number of carboxylic acids is 1. The molecule has 2 aromatic rings. The molecule has 0 saturated heterocycles. The molecule has 2 N–H and O–H groups in total. The fourth-order valence-corrected chi connectivity index (χ4v) is 2.49. The van der Waals surface area contributed by atoms with Gasteiger partial charge in [0.15, 0.2) is 11.5 Å². The van der Waals surface area contributed by atoms with Gasteiger partial charge in [-0.1, -0.05) is 24.3 Å². The Hall–Kier alpha value is -3.28. The van der Waals surface area contributed by atoms with E-state index in [1.165, 1.54) is 6.08 Å². The molecule has 0 fully saturated rings. The Labute approximate surface area is 158 Å². The van der Waals surface area contributed by atoms with Gasteiger partial charge in [-0.2, -0.15) is 0 Å². The molecule has 0 atom stereocenters. The third-order valence-electron chi connectivity index (χ3n) is 3.75. The lowest BCUT2D eigenvalue weighted by atomic mass is 10.1. The van der Waals surface area contributed by atoms with E-state index in [0.717, 1.165) is 5.56 Å². The SMILES string of the molecule is CCOc1ccc(/C=C(/NC(=O)c2ccccc2C)C(=O)O)cc1OCC. The number of aryl methyl sites for hydroxylation is 1. The molecule has 27 heavy (non-hydrogen) atoms. The molecule has 0 heterocycles. The van der Waals surface area contributed by atoms with E-state index in [9.17, 15) is 14.7 Å². The molecule has 0 radical (unpaired) electrons. The highest BCUT2D eigenvalue weighted by Gasteiger charge is 2.15. The van der Waals surface area contributed by atoms with Crippen LogP contribution in [0.1, 0.15) is 35.3 Å². The highest BCUT2D eigenvalue weighted by molar-refractivity contribution is 6.03. The number of ether oxygens (including phenoxy) is 2. The number of aliphatic carboxylic acids is 1. The number of amides is 1. The standard InChI is InChI=1S/C21H23NO5/c1-4-26-18-11-10-15(13-19(18)27-5-2)12-17(21(24)25)22-20(23)16-9-7-6-8-14(16)3/h6-13H,4-5H2,1-3H3,(H,22,23)(H,24,25)/b17-12+. The van der Waals surface area contributed by atoms with Crippen LogP contribution in [0.5, 0.6) is 11.5 Å². The topological polar surface area (TPSA) is 84.9 Å². The van der Waals surface area contributed by atoms with Gasteiger partial charge in [0.2, 0.25) is 0 Å². The minimum Gasteiger partial charge on any atom is -0.490 e. The second kappa shape index (κ2) is 9.43. The van der Waals surface area contributed by atoms with Crippen LogP contribution in [-0.4, -0.2) is 30.2 Å². The number of carboxylic acid groups (broad SMARTS) is 1. The maximum absolute atomic E-state index is 12.4. The fourth-order valence-electron chi connectivity index (χ4n) is 2.49. The van der Waals surface area contributed by atoms with Crippen LogP contribution in [0.25, 0.3) is 6.08 Å². The molecule has 0 aliphatic carbocycles. The van der Waals surface area contributed by atoms with Gasteiger partial charge >= 0.3 is 5.97 Å². The fraction of sp³-hybridized carbons (Fsp3) is 0.238. The van der Waals surface area contributed by atoms with Gasteiger partial charge in [-0.25, -0.2) is 4.79 Å². The van der Waals surface area contributed by atoms with E-state index in [2.05, 4.69) is 5.32 Å². The van der Waals surface area contributed by atoms with Crippen molar-refractivity contribution in [3.8, 4) is 11.5 Å². The first-order chi connectivity index (χ1) is 13.0. The summed E-state index contributed by atoms with van der Waals surface area (Å²) in [4.78, 5) is 24.0. The van der Waals surface area contributed by atoms with Crippen LogP contribution in [0, 0.1) is 6.92 Å². The molecule has 0 aliphatic rings. The Balaban J connectivity index is 2.32. The van der Waals surface area contributed by atoms with Crippen molar-refractivity contribution >= 4 is 18.0 Å². The highest BCUT2D eigenvalue weighted by atomic mass is 16.5. The lowest BCUT2D eigenvalue weighted by molar-refractivity contribution is -0.132. The molecule has 2 aromatic carbocycles. The zero-order valence-corrected chi connectivity index (χ0v) is 15.6. The van der Waals surface area contributed by atoms with Crippen LogP contribution in [0.15, 0.2) is 48.2 Å². The summed E-state index contributed by atoms with van der Waals surface area (Å²) in [5.41, 5.74) is 1.53. The van der Waals surface area contributed by atoms with Gasteiger partial charge in [0.1, 0.15) is 5.70 Å². The van der Waals surface area contributed by atoms with Crippen LogP contribution in [0.4, 0.5) is 0 Å². The lowest BCUT2D eigenvalue weighted by Crippen LogP contribution is -2.27. The maximum atomic E-state index is 12.4. The molecule has 0 aliphatic heterocycles. The Bertz CT molecular complexity index is 857. The van der Waals surface area contributed by atoms with Crippen molar-refractivity contribution in [3.63, 3.8) is 0 Å². The van der Waals surface area contributed by atoms with Crippen LogP contribution in [-0.2, 0) is 4.79 Å². The quantitative estimate of drug-likeness (QED) is 0.694. The summed E-state index contributed by atoms with van der Waals surface area (Å²) >= 11 is 0. The number of carbonyl (C=O) groups is 2. The Morgan fingerprint density at radius 2 is 1.70 bits per heavy atom. The number of nitrogens with one attached hydrogen (secondary N) is 1. The van der Waals surface area contributed by atoms with E-state index < -0.39 is 11.9 Å². The third-order valence-corrected chi connectivity index (χ3v) is 3.75. The molecule has 1 amide bonds. The third kappa shape index (κ3) is 5.34. The summed E-state index contributed by atoms with van der Waals surface area (Å²) in [6.45, 7) is 6.45. The Morgan fingerprint density at radius 1 is 1.04 bits per heavy atom. The summed E-state index contributed by atoms with van der Waals surface area (Å²) in [5.74, 6) is -0.609. The first kappa shape index (κ1) is 20.0. The highest BCUT2D eigenvalue weighted by Crippen LogP contribution is 2.29. The zero-order chi connectivity index (χ0) is 19.8. The van der Waals surface area contributed by atoms with Crippen molar-refractivity contribution < 1.29 is 24.2 Å². The van der Waals surface area contributed by atoms with Gasteiger partial charge in [-0.05, 0) is 56.2 Å². The van der Waals surface area contributed by atoms with Crippen LogP contribution in [0.2, 0.25) is 0 Å². The van der Waals surface area contributed by atoms with Crippen LogP contribution < -0.4 is 14.8 Å². The van der Waals surface area contributed by atoms with Gasteiger partial charge < -0.3 is 19.9 Å². The summed E-state index contributed by atoms with van der Waals surface area (Å²) < 4.78 is 11.1. The molecule has 0 aromatic heterocycles. The predicted octanol–water partition coefficient (Wildman–Crippen LogP) is 3.65. The maximum Gasteiger partial charge on any atom is 0.352 e. The summed E-state index contributed by atoms with van der Waals surface area (Å²) in [6.07, 6.45) is 1.39. The minimum absolute atomic E-state index is 0.227. The van der Waals surface area contributed by atoms with E-state index in [-0.39, 0.29) is 5.70 Å². The Morgan fingerprint density at radius 3 is 2.33 bits per heavy atom. The number of rotatable bonds is 8. The lowest BCUT2D eigenvalue weighted by Gasteiger charge is -2.12. The molecule has 0 unspecified atom stereocenters. The first-order valence-electron chi connectivity index (χ1n) is 8.67. The zero-order valence-electron chi connectivity index (χ0n) is 15.6. The second-order valence-electron chi connectivity index (χ2n) is 5.70. The molecular weight excluding hydrogens is 346 g/mol. The van der Waals surface area contributed by atoms with E-state index in [1.54, 1.807) is 43.3 Å². The molecule has 6 nitrogen and oxygen atoms in total. The van der Waals surface area contributed by atoms with Crippen molar-refractivity contribution in [2.45, 2.75) is 20.8 Å². The summed E-state index contributed by atoms with van der Waals surface area (Å²) in [5, 5.41) is 11.9. The van der Waals surface area contributed by atoms with Crippen LogP contribution >= 0.6 is 0 Å². The number of hydrogen-bond donors (Lipinski definition) is 2. The number of hydrogen-bond acceptors (Lipinski definition) is 4. The van der Waals surface area contributed by atoms with E-state index in [4.69, 9.17) is 9.47 Å². The normalized spacial score (nSPS) is 11.0. The van der Waals surface area contributed by atoms with E-state index >= 15 is 0 Å². The molecular formula is C21H23NO5. The van der Waals surface area contributed by atoms with Crippen molar-refractivity contribution in [2.24, 2.45) is 0 Å².